The number of guanidine groups is 1. The summed E-state index contributed by atoms with van der Waals surface area (Å²) in [6.07, 6.45) is 0.707. The second kappa shape index (κ2) is 10.6. The lowest BCUT2D eigenvalue weighted by molar-refractivity contribution is 0.368. The molecular weight excluding hydrogens is 378 g/mol. The van der Waals surface area contributed by atoms with Gasteiger partial charge in [0.1, 0.15) is 17.2 Å². The highest BCUT2D eigenvalue weighted by Gasteiger charge is 2.13. The van der Waals surface area contributed by atoms with Crippen LogP contribution in [0.1, 0.15) is 11.3 Å². The van der Waals surface area contributed by atoms with Crippen molar-refractivity contribution in [2.24, 2.45) is 4.99 Å². The molecule has 0 saturated heterocycles. The van der Waals surface area contributed by atoms with Crippen molar-refractivity contribution in [1.82, 2.24) is 15.6 Å². The third-order valence-electron chi connectivity index (χ3n) is 4.07. The van der Waals surface area contributed by atoms with Gasteiger partial charge in [-0.15, -0.1) is 11.3 Å². The number of nitrogens with zero attached hydrogens (tertiary/aromatic N) is 3. The molecule has 9 heteroatoms. The molecule has 0 atom stereocenters. The Hall–Kier alpha value is -2.68. The fourth-order valence-corrected chi connectivity index (χ4v) is 3.37. The summed E-state index contributed by atoms with van der Waals surface area (Å²) in [5.74, 6) is 2.88. The van der Waals surface area contributed by atoms with E-state index in [4.69, 9.17) is 14.2 Å². The van der Waals surface area contributed by atoms with Crippen LogP contribution in [0.3, 0.4) is 0 Å². The Morgan fingerprint density at radius 2 is 1.79 bits per heavy atom. The lowest BCUT2D eigenvalue weighted by Crippen LogP contribution is -2.38. The fraction of sp³-hybridized carbons (Fsp3) is 0.474. The molecule has 0 aliphatic carbocycles. The third kappa shape index (κ3) is 5.66. The minimum atomic E-state index is 0.610. The summed E-state index contributed by atoms with van der Waals surface area (Å²) in [5.41, 5.74) is 1.96. The third-order valence-corrected chi connectivity index (χ3v) is 5.12. The van der Waals surface area contributed by atoms with Gasteiger partial charge in [0.2, 0.25) is 0 Å². The quantitative estimate of drug-likeness (QED) is 0.487. The number of aliphatic imine (C=N–C) groups is 1. The Kier molecular flexibility index (Phi) is 8.19. The highest BCUT2D eigenvalue weighted by atomic mass is 32.1. The molecule has 2 rings (SSSR count). The number of aromatic nitrogens is 1. The number of anilines is 1. The van der Waals surface area contributed by atoms with Gasteiger partial charge < -0.3 is 29.7 Å². The average molecular weight is 408 g/mol. The van der Waals surface area contributed by atoms with E-state index >= 15 is 0 Å². The first kappa shape index (κ1) is 21.6. The van der Waals surface area contributed by atoms with Crippen molar-refractivity contribution >= 4 is 22.4 Å². The summed E-state index contributed by atoms with van der Waals surface area (Å²) < 4.78 is 16.3. The Labute approximate surface area is 170 Å². The highest BCUT2D eigenvalue weighted by molar-refractivity contribution is 7.13. The van der Waals surface area contributed by atoms with Gasteiger partial charge in [-0.05, 0) is 6.42 Å². The topological polar surface area (TPSA) is 80.2 Å². The summed E-state index contributed by atoms with van der Waals surface area (Å²) in [4.78, 5) is 10.8. The van der Waals surface area contributed by atoms with E-state index < -0.39 is 0 Å². The first-order valence-electron chi connectivity index (χ1n) is 8.87. The van der Waals surface area contributed by atoms with Crippen molar-refractivity contribution < 1.29 is 14.2 Å². The van der Waals surface area contributed by atoms with Crippen LogP contribution in [0.5, 0.6) is 17.2 Å². The van der Waals surface area contributed by atoms with Gasteiger partial charge in [0, 0.05) is 50.8 Å². The van der Waals surface area contributed by atoms with Crippen LogP contribution in [0, 0.1) is 0 Å². The minimum absolute atomic E-state index is 0.610. The minimum Gasteiger partial charge on any atom is -0.496 e. The monoisotopic (exact) mass is 407 g/mol. The molecule has 0 unspecified atom stereocenters. The predicted molar refractivity (Wildman–Crippen MR) is 114 cm³/mol. The lowest BCUT2D eigenvalue weighted by Gasteiger charge is -2.16. The van der Waals surface area contributed by atoms with Gasteiger partial charge in [0.15, 0.2) is 11.1 Å². The van der Waals surface area contributed by atoms with E-state index in [1.807, 2.05) is 36.5 Å². The molecule has 0 saturated carbocycles. The van der Waals surface area contributed by atoms with Gasteiger partial charge >= 0.3 is 0 Å². The predicted octanol–water partition coefficient (Wildman–Crippen LogP) is 2.14. The van der Waals surface area contributed by atoms with E-state index in [1.54, 1.807) is 39.7 Å². The molecule has 1 aromatic heterocycles. The molecule has 1 aromatic carbocycles. The van der Waals surface area contributed by atoms with Crippen LogP contribution in [0.25, 0.3) is 0 Å². The highest BCUT2D eigenvalue weighted by Crippen LogP contribution is 2.34. The number of ether oxygens (including phenoxy) is 3. The van der Waals surface area contributed by atoms with Gasteiger partial charge in [-0.1, -0.05) is 0 Å². The summed E-state index contributed by atoms with van der Waals surface area (Å²) in [7, 11) is 10.6. The van der Waals surface area contributed by atoms with Crippen LogP contribution in [0.15, 0.2) is 22.5 Å². The van der Waals surface area contributed by atoms with E-state index in [0.29, 0.717) is 31.2 Å². The molecule has 2 aromatic rings. The van der Waals surface area contributed by atoms with Crippen molar-refractivity contribution in [3.63, 3.8) is 0 Å². The molecule has 0 aliphatic rings. The molecule has 0 fully saturated rings. The molecule has 0 aliphatic heterocycles. The van der Waals surface area contributed by atoms with E-state index in [1.165, 1.54) is 0 Å². The Morgan fingerprint density at radius 3 is 2.29 bits per heavy atom. The van der Waals surface area contributed by atoms with Crippen LogP contribution < -0.4 is 29.7 Å². The number of methoxy groups -OCH3 is 3. The van der Waals surface area contributed by atoms with Gasteiger partial charge in [-0.25, -0.2) is 4.98 Å². The Balaban J connectivity index is 1.93. The Bertz CT molecular complexity index is 767. The smallest absolute Gasteiger partial charge is 0.191 e. The number of thiazole rings is 1. The van der Waals surface area contributed by atoms with Crippen LogP contribution in [-0.4, -0.2) is 60.0 Å². The van der Waals surface area contributed by atoms with E-state index in [9.17, 15) is 0 Å². The van der Waals surface area contributed by atoms with E-state index in [-0.39, 0.29) is 0 Å². The molecule has 0 amide bonds. The van der Waals surface area contributed by atoms with Crippen LogP contribution >= 0.6 is 11.3 Å². The molecule has 0 radical (unpaired) electrons. The average Bonchev–Trinajstić information content (AvgIpc) is 3.19. The zero-order chi connectivity index (χ0) is 20.5. The summed E-state index contributed by atoms with van der Waals surface area (Å²) in [6, 6.07) is 3.71. The van der Waals surface area contributed by atoms with Gasteiger partial charge in [-0.2, -0.15) is 0 Å². The zero-order valence-corrected chi connectivity index (χ0v) is 18.1. The first-order chi connectivity index (χ1) is 13.5. The summed E-state index contributed by atoms with van der Waals surface area (Å²) in [6.45, 7) is 1.28. The fourth-order valence-electron chi connectivity index (χ4n) is 2.61. The van der Waals surface area contributed by atoms with Gasteiger partial charge in [-0.3, -0.25) is 4.99 Å². The lowest BCUT2D eigenvalue weighted by atomic mass is 10.1. The van der Waals surface area contributed by atoms with Gasteiger partial charge in [0.25, 0.3) is 0 Å². The molecular formula is C19H29N5O3S. The van der Waals surface area contributed by atoms with Crippen molar-refractivity contribution in [2.75, 3.05) is 53.9 Å². The number of hydrogen-bond donors (Lipinski definition) is 2. The van der Waals surface area contributed by atoms with Crippen molar-refractivity contribution in [3.8, 4) is 17.2 Å². The number of benzene rings is 1. The first-order valence-corrected chi connectivity index (χ1v) is 9.75. The SMILES string of the molecule is CN=C(NCCc1c(OC)cc(OC)cc1OC)NCc1csc(N(C)C)n1. The van der Waals surface area contributed by atoms with Crippen LogP contribution in [0.4, 0.5) is 5.13 Å². The molecule has 2 N–H and O–H groups in total. The molecule has 154 valence electrons. The second-order valence-corrected chi connectivity index (χ2v) is 6.97. The normalized spacial score (nSPS) is 11.1. The van der Waals surface area contributed by atoms with Crippen LogP contribution in [0.2, 0.25) is 0 Å². The molecule has 1 heterocycles. The maximum absolute atomic E-state index is 5.50. The zero-order valence-electron chi connectivity index (χ0n) is 17.3. The summed E-state index contributed by atoms with van der Waals surface area (Å²) in [5, 5.41) is 9.62. The van der Waals surface area contributed by atoms with Crippen molar-refractivity contribution in [1.29, 1.82) is 0 Å². The molecule has 0 bridgehead atoms. The number of nitrogens with one attached hydrogen (secondary N) is 2. The molecule has 0 spiro atoms. The van der Waals surface area contributed by atoms with Crippen LogP contribution in [-0.2, 0) is 13.0 Å². The van der Waals surface area contributed by atoms with Crippen molar-refractivity contribution in [3.05, 3.63) is 28.8 Å². The van der Waals surface area contributed by atoms with Crippen molar-refractivity contribution in [2.45, 2.75) is 13.0 Å². The maximum atomic E-state index is 5.50. The summed E-state index contributed by atoms with van der Waals surface area (Å²) >= 11 is 1.62. The van der Waals surface area contributed by atoms with E-state index in [0.717, 1.165) is 27.9 Å². The molecule has 8 nitrogen and oxygen atoms in total. The number of hydrogen-bond acceptors (Lipinski definition) is 7. The Morgan fingerprint density at radius 1 is 1.11 bits per heavy atom. The maximum Gasteiger partial charge on any atom is 0.191 e. The van der Waals surface area contributed by atoms with E-state index in [2.05, 4.69) is 20.6 Å². The standard InChI is InChI=1S/C19H29N5O3S/c1-20-18(22-11-13-12-28-19(23-13)24(2)3)21-8-7-15-16(26-5)9-14(25-4)10-17(15)27-6/h9-10,12H,7-8,11H2,1-6H3,(H2,20,21,22). The van der Waals surface area contributed by atoms with Gasteiger partial charge in [0.05, 0.1) is 33.6 Å². The molecule has 28 heavy (non-hydrogen) atoms. The largest absolute Gasteiger partial charge is 0.496 e. The second-order valence-electron chi connectivity index (χ2n) is 6.13. The number of rotatable bonds is 9.